The first kappa shape index (κ1) is 43.2. The number of Topliss-reactive ketones (excluding diaryl/α,β-unsaturated/α-hetero) is 1. The van der Waals surface area contributed by atoms with Crippen LogP contribution in [0.1, 0.15) is 131 Å². The first-order chi connectivity index (χ1) is 27.2. The van der Waals surface area contributed by atoms with Gasteiger partial charge in [-0.25, -0.2) is 0 Å². The van der Waals surface area contributed by atoms with Crippen LogP contribution in [0.25, 0.3) is 22.1 Å². The molecular weight excluding hydrogens is 729 g/mol. The Hall–Kier alpha value is -4.96. The van der Waals surface area contributed by atoms with Gasteiger partial charge in [0.15, 0.2) is 5.78 Å². The molecule has 15 heteroatoms. The van der Waals surface area contributed by atoms with E-state index in [9.17, 15) is 29.4 Å². The molecule has 5 heterocycles. The van der Waals surface area contributed by atoms with Crippen LogP contribution >= 0.6 is 0 Å². The molecule has 15 nitrogen and oxygen atoms in total. The second-order valence-electron chi connectivity index (χ2n) is 15.1. The van der Waals surface area contributed by atoms with Crippen LogP contribution in [0.2, 0.25) is 0 Å². The van der Waals surface area contributed by atoms with Crippen LogP contribution in [0, 0.1) is 13.8 Å². The molecule has 0 saturated heterocycles. The lowest BCUT2D eigenvalue weighted by molar-refractivity contribution is -0.139. The lowest BCUT2D eigenvalue weighted by atomic mass is 9.85. The van der Waals surface area contributed by atoms with Crippen LogP contribution in [0.4, 0.5) is 0 Å². The van der Waals surface area contributed by atoms with Crippen molar-refractivity contribution in [1.82, 2.24) is 35.9 Å². The van der Waals surface area contributed by atoms with Crippen LogP contribution < -0.4 is 21.7 Å². The minimum Gasteiger partial charge on any atom is -0.469 e. The zero-order valence-corrected chi connectivity index (χ0v) is 34.1. The van der Waals surface area contributed by atoms with Gasteiger partial charge in [-0.1, -0.05) is 20.8 Å². The topological polar surface area (TPSA) is 237 Å². The van der Waals surface area contributed by atoms with Gasteiger partial charge in [-0.15, -0.1) is 0 Å². The third-order valence-corrected chi connectivity index (χ3v) is 11.4. The molecule has 2 aliphatic heterocycles. The molecule has 308 valence electrons. The number of aliphatic hydroxyl groups is 2. The third kappa shape index (κ3) is 9.44. The smallest absolute Gasteiger partial charge is 0.310 e. The maximum absolute atomic E-state index is 14.1. The molecule has 0 fully saturated rings. The largest absolute Gasteiger partial charge is 0.469 e. The van der Waals surface area contributed by atoms with E-state index < -0.39 is 24.6 Å². The zero-order chi connectivity index (χ0) is 41.6. The summed E-state index contributed by atoms with van der Waals surface area (Å²) in [6.45, 7) is 12.9. The molecule has 0 radical (unpaired) electrons. The van der Waals surface area contributed by atoms with Crippen molar-refractivity contribution in [2.75, 3.05) is 46.4 Å². The predicted molar refractivity (Wildman–Crippen MR) is 218 cm³/mol. The zero-order valence-electron chi connectivity index (χ0n) is 34.1. The van der Waals surface area contributed by atoms with Gasteiger partial charge < -0.3 is 46.6 Å². The van der Waals surface area contributed by atoms with Gasteiger partial charge >= 0.3 is 5.97 Å². The van der Waals surface area contributed by atoms with E-state index in [2.05, 4.69) is 39.8 Å². The minimum absolute atomic E-state index is 0.0165. The van der Waals surface area contributed by atoms with Crippen molar-refractivity contribution in [1.29, 1.82) is 0 Å². The summed E-state index contributed by atoms with van der Waals surface area (Å²) in [7, 11) is 1.30. The van der Waals surface area contributed by atoms with Gasteiger partial charge in [0, 0.05) is 102 Å². The molecule has 2 aliphatic rings. The number of rotatable bonds is 16. The van der Waals surface area contributed by atoms with Crippen molar-refractivity contribution < 1.29 is 34.1 Å². The molecule has 5 atom stereocenters. The van der Waals surface area contributed by atoms with Gasteiger partial charge in [-0.3, -0.25) is 29.1 Å². The third-order valence-electron chi connectivity index (χ3n) is 11.4. The number of aromatic amines is 2. The summed E-state index contributed by atoms with van der Waals surface area (Å²) in [5.74, 6) is -1.88. The number of nitrogens with two attached hydrogens (primary N) is 1. The molecule has 0 saturated carbocycles. The highest BCUT2D eigenvalue weighted by Gasteiger charge is 2.34. The number of methoxy groups -OCH3 is 1. The number of nitrogens with one attached hydrogen (secondary N) is 5. The fourth-order valence-corrected chi connectivity index (χ4v) is 8.11. The van der Waals surface area contributed by atoms with Gasteiger partial charge in [-0.2, -0.15) is 0 Å². The van der Waals surface area contributed by atoms with Gasteiger partial charge in [0.2, 0.25) is 5.91 Å². The fourth-order valence-electron chi connectivity index (χ4n) is 8.11. The number of ether oxygens (including phenoxy) is 1. The maximum atomic E-state index is 14.1. The van der Waals surface area contributed by atoms with Crippen LogP contribution in [0.5, 0.6) is 0 Å². The van der Waals surface area contributed by atoms with Crippen LogP contribution in [0.15, 0.2) is 18.2 Å². The molecule has 0 aliphatic carbocycles. The highest BCUT2D eigenvalue weighted by Crippen LogP contribution is 2.43. The number of aliphatic hydroxyl groups excluding tert-OH is 2. The summed E-state index contributed by atoms with van der Waals surface area (Å²) in [6.07, 6.45) is -0.100. The monoisotopic (exact) mass is 786 g/mol. The van der Waals surface area contributed by atoms with Crippen LogP contribution in [-0.2, 0) is 20.7 Å². The fraction of sp³-hybridized carbons (Fsp3) is 0.524. The summed E-state index contributed by atoms with van der Waals surface area (Å²) in [4.78, 5) is 71.0. The number of carbonyl (C=O) groups excluding carboxylic acids is 4. The number of fused-ring (bicyclic) bond motifs is 8. The number of esters is 1. The number of aryl methyl sites for hydroxylation is 2. The van der Waals surface area contributed by atoms with E-state index in [0.29, 0.717) is 82.7 Å². The minimum atomic E-state index is -1.18. The molecule has 3 aromatic heterocycles. The molecule has 1 unspecified atom stereocenters. The number of ketones is 1. The average Bonchev–Trinajstić information content (AvgIpc) is 3.87. The van der Waals surface area contributed by atoms with Gasteiger partial charge in [0.05, 0.1) is 48.5 Å². The van der Waals surface area contributed by atoms with Crippen molar-refractivity contribution in [2.45, 2.75) is 97.0 Å². The lowest BCUT2D eigenvalue weighted by Crippen LogP contribution is -2.34. The maximum Gasteiger partial charge on any atom is 0.310 e. The van der Waals surface area contributed by atoms with Crippen molar-refractivity contribution in [2.24, 2.45) is 5.73 Å². The molecule has 3 aromatic rings. The Morgan fingerprint density at radius 3 is 2.21 bits per heavy atom. The SMILES string of the molecule is CC[C@H]1c2cc3[nH]c(c(CC(=O)OC)c4nc(cc5[nH]c(cc(n2)[C@@H]1C)c(C(C)=O)c5C)[C@@H](C)[C@@H]4CCC(=O)NCCNCCN)c(C(=O)NCC(O)CO)c3C. The van der Waals surface area contributed by atoms with Crippen LogP contribution in [-0.4, -0.2) is 106 Å². The van der Waals surface area contributed by atoms with Crippen molar-refractivity contribution in [3.63, 3.8) is 0 Å². The van der Waals surface area contributed by atoms with E-state index in [1.807, 2.05) is 32.0 Å². The normalized spacial score (nSPS) is 18.3. The second kappa shape index (κ2) is 19.0. The molecule has 57 heavy (non-hydrogen) atoms. The molecular formula is C42H58N8O7. The molecule has 5 rings (SSSR count). The van der Waals surface area contributed by atoms with Crippen molar-refractivity contribution >= 4 is 45.6 Å². The summed E-state index contributed by atoms with van der Waals surface area (Å²) < 4.78 is 5.20. The molecule has 2 amide bonds. The van der Waals surface area contributed by atoms with Crippen molar-refractivity contribution in [3.8, 4) is 0 Å². The van der Waals surface area contributed by atoms with Crippen molar-refractivity contribution in [3.05, 3.63) is 68.8 Å². The summed E-state index contributed by atoms with van der Waals surface area (Å²) >= 11 is 0. The van der Waals surface area contributed by atoms with E-state index in [-0.39, 0.29) is 60.3 Å². The Kier molecular flexibility index (Phi) is 14.4. The first-order valence-corrected chi connectivity index (χ1v) is 19.8. The molecule has 8 bridgehead atoms. The number of hydrogen-bond acceptors (Lipinski definition) is 11. The van der Waals surface area contributed by atoms with Gasteiger partial charge in [-0.05, 0) is 62.9 Å². The van der Waals surface area contributed by atoms with Crippen LogP contribution in [0.3, 0.4) is 0 Å². The molecule has 9 N–H and O–H groups in total. The molecule has 0 aromatic carbocycles. The Bertz CT molecular complexity index is 2160. The highest BCUT2D eigenvalue weighted by atomic mass is 16.5. The summed E-state index contributed by atoms with van der Waals surface area (Å²) in [5, 5.41) is 28.5. The number of H-pyrrole nitrogens is 2. The number of nitrogens with zero attached hydrogens (tertiary/aromatic N) is 2. The summed E-state index contributed by atoms with van der Waals surface area (Å²) in [6, 6.07) is 5.80. The first-order valence-electron chi connectivity index (χ1n) is 19.8. The average molecular weight is 787 g/mol. The van der Waals surface area contributed by atoms with E-state index in [1.165, 1.54) is 7.11 Å². The quantitative estimate of drug-likeness (QED) is 0.0594. The lowest BCUT2D eigenvalue weighted by Gasteiger charge is -2.18. The highest BCUT2D eigenvalue weighted by molar-refractivity contribution is 6.06. The van der Waals surface area contributed by atoms with E-state index in [4.69, 9.17) is 20.4 Å². The Labute approximate surface area is 333 Å². The van der Waals surface area contributed by atoms with E-state index in [1.54, 1.807) is 13.8 Å². The Morgan fingerprint density at radius 1 is 0.895 bits per heavy atom. The Balaban J connectivity index is 1.86. The Morgan fingerprint density at radius 2 is 1.54 bits per heavy atom. The number of carbonyl (C=O) groups is 4. The number of hydrogen-bond donors (Lipinski definition) is 8. The predicted octanol–water partition coefficient (Wildman–Crippen LogP) is 3.56. The van der Waals surface area contributed by atoms with E-state index >= 15 is 0 Å². The van der Waals surface area contributed by atoms with Gasteiger partial charge in [0.1, 0.15) is 0 Å². The number of amides is 2. The molecule has 0 spiro atoms. The van der Waals surface area contributed by atoms with E-state index in [0.717, 1.165) is 23.4 Å². The number of aromatic nitrogens is 4. The van der Waals surface area contributed by atoms with Gasteiger partial charge in [0.25, 0.3) is 5.91 Å². The summed E-state index contributed by atoms with van der Waals surface area (Å²) in [5.41, 5.74) is 13.3. The standard InChI is InChI=1S/C42H58N8O7/c1-8-27-21(2)30-18-35-38(25(6)52)23(4)32(48-35)16-31-22(3)28(9-10-36(54)45-14-13-44-12-11-43)40(49-31)29(15-37(55)57-7)41-39(42(56)46-19-26(53)20-51)24(5)33(50-41)17-34(27)47-30/h16-18,21-22,26-28,44,48,50-51,53H,8-15,19-20,43H2,1-7H3,(H,45,54)(H,46,56)/t21-,22+,26?,27-,28+/m1/s1. The second-order valence-corrected chi connectivity index (χ2v) is 15.1.